The van der Waals surface area contributed by atoms with Crippen LogP contribution >= 0.6 is 0 Å². The van der Waals surface area contributed by atoms with Gasteiger partial charge in [0.1, 0.15) is 5.75 Å². The normalized spacial score (nSPS) is 23.6. The summed E-state index contributed by atoms with van der Waals surface area (Å²) in [4.78, 5) is 15.5. The highest BCUT2D eigenvalue weighted by molar-refractivity contribution is 5.96. The Morgan fingerprint density at radius 1 is 1.71 bits per heavy atom. The number of hydrogen-bond acceptors (Lipinski definition) is 4. The summed E-state index contributed by atoms with van der Waals surface area (Å²) in [6.45, 7) is 3.33. The third kappa shape index (κ3) is 2.74. The number of carbonyl (C=O) groups is 1. The molecule has 0 radical (unpaired) electrons. The van der Waals surface area contributed by atoms with Crippen molar-refractivity contribution in [2.24, 2.45) is 5.92 Å². The first-order valence-corrected chi connectivity index (χ1v) is 5.71. The minimum atomic E-state index is -0.274. The molecule has 92 valence electrons. The monoisotopic (exact) mass is 236 g/mol. The molecule has 2 atom stereocenters. The van der Waals surface area contributed by atoms with Crippen LogP contribution in [0.25, 0.3) is 0 Å². The van der Waals surface area contributed by atoms with Gasteiger partial charge in [0, 0.05) is 25.3 Å². The van der Waals surface area contributed by atoms with E-state index in [4.69, 9.17) is 4.74 Å². The van der Waals surface area contributed by atoms with Gasteiger partial charge in [-0.1, -0.05) is 0 Å². The van der Waals surface area contributed by atoms with Crippen LogP contribution in [0.1, 0.15) is 23.7 Å². The van der Waals surface area contributed by atoms with Crippen LogP contribution in [-0.2, 0) is 4.74 Å². The van der Waals surface area contributed by atoms with Crippen LogP contribution in [0.3, 0.4) is 0 Å². The molecule has 1 saturated heterocycles. The molecule has 1 amide bonds. The molecule has 5 nitrogen and oxygen atoms in total. The first-order valence-electron chi connectivity index (χ1n) is 5.71. The summed E-state index contributed by atoms with van der Waals surface area (Å²) in [6.07, 6.45) is 3.89. The molecule has 0 spiro atoms. The average Bonchev–Trinajstić information content (AvgIpc) is 2.72. The first kappa shape index (κ1) is 11.9. The molecule has 2 rings (SSSR count). The second kappa shape index (κ2) is 5.14. The van der Waals surface area contributed by atoms with Gasteiger partial charge in [-0.3, -0.25) is 9.78 Å². The number of pyridine rings is 1. The Labute approximate surface area is 99.8 Å². The van der Waals surface area contributed by atoms with Crippen LogP contribution in [-0.4, -0.2) is 35.3 Å². The SMILES string of the molecule is CC1OCCC1CNC(=O)c1ccncc1O. The quantitative estimate of drug-likeness (QED) is 0.819. The number of nitrogens with one attached hydrogen (secondary N) is 1. The molecule has 1 aliphatic heterocycles. The molecular formula is C12H16N2O3. The molecule has 5 heteroatoms. The van der Waals surface area contributed by atoms with E-state index in [0.29, 0.717) is 12.5 Å². The lowest BCUT2D eigenvalue weighted by atomic mass is 10.0. The van der Waals surface area contributed by atoms with Gasteiger partial charge in [0.05, 0.1) is 17.9 Å². The van der Waals surface area contributed by atoms with Gasteiger partial charge < -0.3 is 15.2 Å². The van der Waals surface area contributed by atoms with Crippen molar-refractivity contribution in [2.75, 3.05) is 13.2 Å². The number of aromatic hydroxyl groups is 1. The van der Waals surface area contributed by atoms with E-state index in [1.165, 1.54) is 18.5 Å². The smallest absolute Gasteiger partial charge is 0.255 e. The number of hydrogen-bond donors (Lipinski definition) is 2. The van der Waals surface area contributed by atoms with E-state index in [0.717, 1.165) is 13.0 Å². The Balaban J connectivity index is 1.91. The van der Waals surface area contributed by atoms with Gasteiger partial charge in [-0.15, -0.1) is 0 Å². The Morgan fingerprint density at radius 2 is 2.53 bits per heavy atom. The number of rotatable bonds is 3. The minimum absolute atomic E-state index is 0.0966. The maximum Gasteiger partial charge on any atom is 0.255 e. The molecule has 1 aromatic heterocycles. The number of amides is 1. The van der Waals surface area contributed by atoms with Crippen molar-refractivity contribution in [3.05, 3.63) is 24.0 Å². The third-order valence-corrected chi connectivity index (χ3v) is 3.10. The molecular weight excluding hydrogens is 220 g/mol. The summed E-state index contributed by atoms with van der Waals surface area (Å²) in [5, 5.41) is 12.3. The van der Waals surface area contributed by atoms with E-state index in [1.54, 1.807) is 0 Å². The summed E-state index contributed by atoms with van der Waals surface area (Å²) in [5.41, 5.74) is 0.256. The zero-order valence-electron chi connectivity index (χ0n) is 9.72. The summed E-state index contributed by atoms with van der Waals surface area (Å²) < 4.78 is 5.42. The van der Waals surface area contributed by atoms with Gasteiger partial charge >= 0.3 is 0 Å². The lowest BCUT2D eigenvalue weighted by Crippen LogP contribution is -2.32. The fourth-order valence-electron chi connectivity index (χ4n) is 1.94. The summed E-state index contributed by atoms with van der Waals surface area (Å²) in [5.74, 6) is -0.0207. The zero-order chi connectivity index (χ0) is 12.3. The van der Waals surface area contributed by atoms with Crippen LogP contribution in [0.4, 0.5) is 0 Å². The molecule has 0 saturated carbocycles. The fourth-order valence-corrected chi connectivity index (χ4v) is 1.94. The Bertz CT molecular complexity index is 408. The highest BCUT2D eigenvalue weighted by atomic mass is 16.5. The first-order chi connectivity index (χ1) is 8.18. The fraction of sp³-hybridized carbons (Fsp3) is 0.500. The molecule has 2 unspecified atom stereocenters. The molecule has 17 heavy (non-hydrogen) atoms. The summed E-state index contributed by atoms with van der Waals surface area (Å²) in [7, 11) is 0. The van der Waals surface area contributed by atoms with E-state index >= 15 is 0 Å². The molecule has 2 N–H and O–H groups in total. The van der Waals surface area contributed by atoms with E-state index in [-0.39, 0.29) is 23.3 Å². The van der Waals surface area contributed by atoms with E-state index < -0.39 is 0 Å². The van der Waals surface area contributed by atoms with Crippen LogP contribution < -0.4 is 5.32 Å². The predicted molar refractivity (Wildman–Crippen MR) is 61.8 cm³/mol. The van der Waals surface area contributed by atoms with Crippen molar-refractivity contribution < 1.29 is 14.6 Å². The minimum Gasteiger partial charge on any atom is -0.505 e. The second-order valence-corrected chi connectivity index (χ2v) is 4.23. The van der Waals surface area contributed by atoms with Crippen LogP contribution in [0, 0.1) is 5.92 Å². The average molecular weight is 236 g/mol. The lowest BCUT2D eigenvalue weighted by molar-refractivity contribution is 0.0905. The van der Waals surface area contributed by atoms with Gasteiger partial charge in [0.25, 0.3) is 5.91 Å². The second-order valence-electron chi connectivity index (χ2n) is 4.23. The molecule has 0 aliphatic carbocycles. The maximum absolute atomic E-state index is 11.8. The molecule has 1 fully saturated rings. The Kier molecular flexibility index (Phi) is 3.58. The van der Waals surface area contributed by atoms with Crippen molar-refractivity contribution in [1.29, 1.82) is 0 Å². The Hall–Kier alpha value is -1.62. The van der Waals surface area contributed by atoms with Crippen LogP contribution in [0.5, 0.6) is 5.75 Å². The molecule has 1 aromatic rings. The molecule has 1 aliphatic rings. The maximum atomic E-state index is 11.8. The largest absolute Gasteiger partial charge is 0.505 e. The van der Waals surface area contributed by atoms with E-state index in [9.17, 15) is 9.90 Å². The highest BCUT2D eigenvalue weighted by Crippen LogP contribution is 2.20. The topological polar surface area (TPSA) is 71.5 Å². The van der Waals surface area contributed by atoms with Crippen LogP contribution in [0.2, 0.25) is 0 Å². The Morgan fingerprint density at radius 3 is 3.18 bits per heavy atom. The van der Waals surface area contributed by atoms with Gasteiger partial charge in [0.15, 0.2) is 0 Å². The standard InChI is InChI=1S/C12H16N2O3/c1-8-9(3-5-17-8)6-14-12(16)10-2-4-13-7-11(10)15/h2,4,7-9,15H,3,5-6H2,1H3,(H,14,16). The van der Waals surface area contributed by atoms with Crippen molar-refractivity contribution >= 4 is 5.91 Å². The zero-order valence-corrected chi connectivity index (χ0v) is 9.72. The molecule has 2 heterocycles. The van der Waals surface area contributed by atoms with Crippen LogP contribution in [0.15, 0.2) is 18.5 Å². The van der Waals surface area contributed by atoms with Crippen molar-refractivity contribution in [2.45, 2.75) is 19.4 Å². The van der Waals surface area contributed by atoms with Crippen molar-refractivity contribution in [3.63, 3.8) is 0 Å². The highest BCUT2D eigenvalue weighted by Gasteiger charge is 2.24. The van der Waals surface area contributed by atoms with Gasteiger partial charge in [0.2, 0.25) is 0 Å². The number of nitrogens with zero attached hydrogens (tertiary/aromatic N) is 1. The van der Waals surface area contributed by atoms with Gasteiger partial charge in [-0.05, 0) is 19.4 Å². The summed E-state index contributed by atoms with van der Waals surface area (Å²) in [6, 6.07) is 1.50. The van der Waals surface area contributed by atoms with Gasteiger partial charge in [-0.25, -0.2) is 0 Å². The molecule has 0 aromatic carbocycles. The lowest BCUT2D eigenvalue weighted by Gasteiger charge is -2.14. The number of carbonyl (C=O) groups excluding carboxylic acids is 1. The van der Waals surface area contributed by atoms with E-state index in [2.05, 4.69) is 10.3 Å². The molecule has 0 bridgehead atoms. The van der Waals surface area contributed by atoms with Gasteiger partial charge in [-0.2, -0.15) is 0 Å². The summed E-state index contributed by atoms with van der Waals surface area (Å²) >= 11 is 0. The number of ether oxygens (including phenoxy) is 1. The third-order valence-electron chi connectivity index (χ3n) is 3.10. The van der Waals surface area contributed by atoms with E-state index in [1.807, 2.05) is 6.92 Å². The number of aromatic nitrogens is 1. The van der Waals surface area contributed by atoms with Crippen molar-refractivity contribution in [1.82, 2.24) is 10.3 Å². The van der Waals surface area contributed by atoms with Crippen molar-refractivity contribution in [3.8, 4) is 5.75 Å². The predicted octanol–water partition coefficient (Wildman–Crippen LogP) is 0.942.